The number of para-hydroxylation sites is 2. The summed E-state index contributed by atoms with van der Waals surface area (Å²) in [7, 11) is 0. The Morgan fingerprint density at radius 2 is 0.672 bits per heavy atom. The highest BCUT2D eigenvalue weighted by Gasteiger charge is 2.21. The first-order chi connectivity index (χ1) is 31.7. The number of rotatable bonds is 4. The largest absolute Gasteiger partial charge is 0.456 e. The SMILES string of the molecule is c1ccc(-c2cc(-c3c4cccc(-c5cccc6c5ccc5oc7ccccc7c56)c4cc4c(-c5cccc6c5ccc5oc7ccccc7c56)cccc34)cc3ccccc23)cc1. The van der Waals surface area contributed by atoms with E-state index in [9.17, 15) is 0 Å². The van der Waals surface area contributed by atoms with Gasteiger partial charge < -0.3 is 8.83 Å². The molecule has 0 radical (unpaired) electrons. The molecule has 0 saturated carbocycles. The van der Waals surface area contributed by atoms with E-state index in [4.69, 9.17) is 8.83 Å². The van der Waals surface area contributed by atoms with Gasteiger partial charge in [-0.25, -0.2) is 0 Å². The summed E-state index contributed by atoms with van der Waals surface area (Å²) in [6.07, 6.45) is 0. The third kappa shape index (κ3) is 5.08. The highest BCUT2D eigenvalue weighted by atomic mass is 16.3. The smallest absolute Gasteiger partial charge is 0.136 e. The lowest BCUT2D eigenvalue weighted by molar-refractivity contribution is 0.669. The molecule has 2 nitrogen and oxygen atoms in total. The Labute approximate surface area is 367 Å². The van der Waals surface area contributed by atoms with Crippen LogP contribution in [-0.2, 0) is 0 Å². The Morgan fingerprint density at radius 1 is 0.219 bits per heavy atom. The van der Waals surface area contributed by atoms with Crippen LogP contribution in [0.2, 0.25) is 0 Å². The molecule has 0 spiro atoms. The van der Waals surface area contributed by atoms with Gasteiger partial charge in [-0.15, -0.1) is 0 Å². The van der Waals surface area contributed by atoms with Crippen LogP contribution in [-0.4, -0.2) is 0 Å². The maximum atomic E-state index is 6.38. The standard InChI is InChI=1S/C62H36O2/c1-2-14-37(15-3-1)53-35-39(34-38-16-4-5-17-40(38)53)60-49-26-12-22-43(41-20-10-24-47-45(41)30-32-58-61(47)51-18-6-8-28-56(51)63-58)54(49)36-55-44(23-13-27-50(55)60)42-21-11-25-48-46(42)31-33-59-62(48)52-19-7-9-29-57(52)64-59/h1-36H. The molecule has 12 aromatic carbocycles. The summed E-state index contributed by atoms with van der Waals surface area (Å²) < 4.78 is 12.8. The van der Waals surface area contributed by atoms with E-state index < -0.39 is 0 Å². The van der Waals surface area contributed by atoms with Gasteiger partial charge in [0, 0.05) is 21.5 Å². The second-order valence-electron chi connectivity index (χ2n) is 17.0. The molecule has 296 valence electrons. The fraction of sp³-hybridized carbons (Fsp3) is 0. The third-order valence-corrected chi connectivity index (χ3v) is 13.7. The molecule has 0 atom stereocenters. The molecule has 0 unspecified atom stereocenters. The molecule has 14 rings (SSSR count). The molecule has 14 aromatic rings. The predicted molar refractivity (Wildman–Crippen MR) is 270 cm³/mol. The number of benzene rings is 12. The predicted octanol–water partition coefficient (Wildman–Crippen LogP) is 17.9. The molecule has 2 heteroatoms. The summed E-state index contributed by atoms with van der Waals surface area (Å²) in [5, 5.41) is 16.7. The first-order valence-electron chi connectivity index (χ1n) is 22.0. The number of furan rings is 2. The molecule has 2 heterocycles. The summed E-state index contributed by atoms with van der Waals surface area (Å²) in [5.41, 5.74) is 13.3. The van der Waals surface area contributed by atoms with Crippen LogP contribution < -0.4 is 0 Å². The third-order valence-electron chi connectivity index (χ3n) is 13.7. The molecule has 0 aliphatic heterocycles. The molecule has 2 aromatic heterocycles. The lowest BCUT2D eigenvalue weighted by Gasteiger charge is -2.20. The van der Waals surface area contributed by atoms with E-state index in [0.717, 1.165) is 43.9 Å². The van der Waals surface area contributed by atoms with E-state index in [2.05, 4.69) is 206 Å². The maximum absolute atomic E-state index is 6.38. The van der Waals surface area contributed by atoms with Crippen LogP contribution in [0.1, 0.15) is 0 Å². The summed E-state index contributed by atoms with van der Waals surface area (Å²) in [6.45, 7) is 0. The first-order valence-corrected chi connectivity index (χ1v) is 22.0. The first kappa shape index (κ1) is 35.2. The van der Waals surface area contributed by atoms with Gasteiger partial charge in [-0.1, -0.05) is 176 Å². The van der Waals surface area contributed by atoms with Crippen LogP contribution in [0.5, 0.6) is 0 Å². The molecule has 0 fully saturated rings. The lowest BCUT2D eigenvalue weighted by Crippen LogP contribution is -1.93. The normalized spacial score (nSPS) is 12.1. The van der Waals surface area contributed by atoms with Crippen LogP contribution in [0.3, 0.4) is 0 Å². The molecule has 0 N–H and O–H groups in total. The van der Waals surface area contributed by atoms with E-state index in [1.165, 1.54) is 98.4 Å². The van der Waals surface area contributed by atoms with E-state index in [-0.39, 0.29) is 0 Å². The molecule has 0 saturated heterocycles. The van der Waals surface area contributed by atoms with E-state index in [0.29, 0.717) is 0 Å². The number of hydrogen-bond acceptors (Lipinski definition) is 2. The maximum Gasteiger partial charge on any atom is 0.136 e. The van der Waals surface area contributed by atoms with Crippen LogP contribution in [0.15, 0.2) is 227 Å². The van der Waals surface area contributed by atoms with Crippen molar-refractivity contribution >= 4 is 97.7 Å². The molecule has 0 amide bonds. The zero-order valence-corrected chi connectivity index (χ0v) is 34.6. The van der Waals surface area contributed by atoms with Gasteiger partial charge >= 0.3 is 0 Å². The number of fused-ring (bicyclic) bond motifs is 13. The van der Waals surface area contributed by atoms with Gasteiger partial charge in [0.25, 0.3) is 0 Å². The van der Waals surface area contributed by atoms with Crippen molar-refractivity contribution in [2.75, 3.05) is 0 Å². The van der Waals surface area contributed by atoms with E-state index in [1.807, 2.05) is 12.1 Å². The van der Waals surface area contributed by atoms with Crippen LogP contribution in [0.4, 0.5) is 0 Å². The second kappa shape index (κ2) is 13.5. The summed E-state index contributed by atoms with van der Waals surface area (Å²) in [5.74, 6) is 0. The Morgan fingerprint density at radius 3 is 1.23 bits per heavy atom. The van der Waals surface area contributed by atoms with Crippen molar-refractivity contribution in [1.29, 1.82) is 0 Å². The van der Waals surface area contributed by atoms with Gasteiger partial charge in [0.15, 0.2) is 0 Å². The van der Waals surface area contributed by atoms with Gasteiger partial charge in [0.05, 0.1) is 0 Å². The van der Waals surface area contributed by atoms with Gasteiger partial charge in [-0.3, -0.25) is 0 Å². The van der Waals surface area contributed by atoms with Crippen molar-refractivity contribution in [2.45, 2.75) is 0 Å². The summed E-state index contributed by atoms with van der Waals surface area (Å²) >= 11 is 0. The minimum absolute atomic E-state index is 0.906. The van der Waals surface area contributed by atoms with E-state index in [1.54, 1.807) is 0 Å². The van der Waals surface area contributed by atoms with Crippen LogP contribution in [0.25, 0.3) is 142 Å². The minimum atomic E-state index is 0.906. The molecule has 0 bridgehead atoms. The number of hydrogen-bond donors (Lipinski definition) is 0. The minimum Gasteiger partial charge on any atom is -0.456 e. The molecular formula is C62H36O2. The van der Waals surface area contributed by atoms with Crippen molar-refractivity contribution in [3.05, 3.63) is 218 Å². The second-order valence-corrected chi connectivity index (χ2v) is 17.0. The van der Waals surface area contributed by atoms with Crippen molar-refractivity contribution in [3.8, 4) is 44.5 Å². The summed E-state index contributed by atoms with van der Waals surface area (Å²) in [4.78, 5) is 0. The Balaban J connectivity index is 1.11. The van der Waals surface area contributed by atoms with Gasteiger partial charge in [-0.2, -0.15) is 0 Å². The molecule has 0 aliphatic carbocycles. The molecular weight excluding hydrogens is 777 g/mol. The highest BCUT2D eigenvalue weighted by molar-refractivity contribution is 6.26. The zero-order valence-electron chi connectivity index (χ0n) is 34.6. The van der Waals surface area contributed by atoms with Crippen LogP contribution in [0, 0.1) is 0 Å². The average Bonchev–Trinajstić information content (AvgIpc) is 3.94. The Kier molecular flexibility index (Phi) is 7.43. The summed E-state index contributed by atoms with van der Waals surface area (Å²) in [6, 6.07) is 79.6. The monoisotopic (exact) mass is 812 g/mol. The van der Waals surface area contributed by atoms with Crippen LogP contribution >= 0.6 is 0 Å². The molecule has 0 aliphatic rings. The van der Waals surface area contributed by atoms with Gasteiger partial charge in [-0.05, 0) is 141 Å². The van der Waals surface area contributed by atoms with Crippen molar-refractivity contribution in [2.24, 2.45) is 0 Å². The van der Waals surface area contributed by atoms with Gasteiger partial charge in [0.1, 0.15) is 22.3 Å². The fourth-order valence-corrected chi connectivity index (χ4v) is 10.9. The lowest BCUT2D eigenvalue weighted by atomic mass is 9.83. The Bertz CT molecular complexity index is 4030. The average molecular weight is 813 g/mol. The Hall–Kier alpha value is -8.46. The van der Waals surface area contributed by atoms with Crippen molar-refractivity contribution in [3.63, 3.8) is 0 Å². The highest BCUT2D eigenvalue weighted by Crippen LogP contribution is 2.48. The zero-order chi connectivity index (χ0) is 41.9. The van der Waals surface area contributed by atoms with Crippen molar-refractivity contribution in [1.82, 2.24) is 0 Å². The fourth-order valence-electron chi connectivity index (χ4n) is 10.9. The van der Waals surface area contributed by atoms with E-state index >= 15 is 0 Å². The quantitative estimate of drug-likeness (QED) is 0.166. The molecule has 64 heavy (non-hydrogen) atoms. The van der Waals surface area contributed by atoms with Gasteiger partial charge in [0.2, 0.25) is 0 Å². The van der Waals surface area contributed by atoms with Crippen molar-refractivity contribution < 1.29 is 8.83 Å². The topological polar surface area (TPSA) is 26.3 Å².